The molecule has 47 heavy (non-hydrogen) atoms. The topological polar surface area (TPSA) is 84.5 Å². The lowest BCUT2D eigenvalue weighted by atomic mass is 9.87. The lowest BCUT2D eigenvalue weighted by Gasteiger charge is -2.36. The maximum atomic E-state index is 14.3. The molecule has 0 bridgehead atoms. The van der Waals surface area contributed by atoms with Crippen molar-refractivity contribution in [2.75, 3.05) is 71.4 Å². The number of halogens is 1. The average molecular weight is 708 g/mol. The van der Waals surface area contributed by atoms with Crippen LogP contribution in [0.15, 0.2) is 47.4 Å². The molecule has 12 heteroatoms. The molecule has 2 aromatic carbocycles. The van der Waals surface area contributed by atoms with Gasteiger partial charge in [0, 0.05) is 64.1 Å². The van der Waals surface area contributed by atoms with Crippen LogP contribution in [-0.4, -0.2) is 101 Å². The fourth-order valence-corrected chi connectivity index (χ4v) is 10.9. The summed E-state index contributed by atoms with van der Waals surface area (Å²) in [6, 6.07) is 12.7. The molecular weight excluding hydrogens is 654 g/mol. The van der Waals surface area contributed by atoms with Crippen LogP contribution in [0.4, 0.5) is 5.69 Å². The van der Waals surface area contributed by atoms with Crippen molar-refractivity contribution in [1.29, 1.82) is 0 Å². The van der Waals surface area contributed by atoms with Gasteiger partial charge in [0.1, 0.15) is 0 Å². The highest BCUT2D eigenvalue weighted by atomic mass is 35.5. The molecule has 1 saturated carbocycles. The number of nitrogens with zero attached hydrogens (tertiary/aromatic N) is 5. The monoisotopic (exact) mass is 707 g/mol. The Bertz CT molecular complexity index is 1530. The molecule has 1 aliphatic carbocycles. The van der Waals surface area contributed by atoms with Gasteiger partial charge in [0.25, 0.3) is 10.2 Å². The molecular formula is C35H54ClN5O4S2. The van der Waals surface area contributed by atoms with Crippen LogP contribution in [0.25, 0.3) is 0 Å². The first-order valence-electron chi connectivity index (χ1n) is 17.5. The summed E-state index contributed by atoms with van der Waals surface area (Å²) in [5.41, 5.74) is 3.01. The second-order valence-electron chi connectivity index (χ2n) is 14.1. The molecule has 2 fully saturated rings. The zero-order valence-electron chi connectivity index (χ0n) is 28.5. The molecule has 5 rings (SSSR count). The molecule has 9 nitrogen and oxygen atoms in total. The van der Waals surface area contributed by atoms with Gasteiger partial charge in [-0.3, -0.25) is 0 Å². The number of rotatable bonds is 8. The summed E-state index contributed by atoms with van der Waals surface area (Å²) in [7, 11) is -3.70. The summed E-state index contributed by atoms with van der Waals surface area (Å²) in [4.78, 5) is 4.66. The predicted octanol–water partition coefficient (Wildman–Crippen LogP) is 5.70. The van der Waals surface area contributed by atoms with Crippen molar-refractivity contribution in [2.24, 2.45) is 11.8 Å². The van der Waals surface area contributed by atoms with Crippen molar-refractivity contribution < 1.29 is 16.8 Å². The van der Waals surface area contributed by atoms with Crippen molar-refractivity contribution in [3.8, 4) is 0 Å². The third-order valence-corrected chi connectivity index (χ3v) is 14.2. The van der Waals surface area contributed by atoms with Crippen LogP contribution in [0.1, 0.15) is 69.4 Å². The quantitative estimate of drug-likeness (QED) is 0.350. The standard InChI is InChI=1S/C35H54ClN5O4S2/c1-29-26-39(46(42,43)35-15-13-34(14-16-35)37(2)3)21-7-19-38(23-17-30-9-5-4-6-10-30)20-8-22-40(27-29)47(44,45)41-24-18-31-25-33(36)12-11-32(31)28-41/h11-16,25,29-30H,4-10,17-24,26-28H2,1-3H3/t29-/m0/s1. The molecule has 2 aliphatic heterocycles. The number of anilines is 1. The molecule has 262 valence electrons. The van der Waals surface area contributed by atoms with Gasteiger partial charge in [0.05, 0.1) is 4.90 Å². The second-order valence-corrected chi connectivity index (χ2v) is 18.4. The summed E-state index contributed by atoms with van der Waals surface area (Å²) in [6.07, 6.45) is 9.80. The average Bonchev–Trinajstić information content (AvgIpc) is 3.05. The Morgan fingerprint density at radius 1 is 0.766 bits per heavy atom. The first-order valence-corrected chi connectivity index (χ1v) is 20.7. The molecule has 0 N–H and O–H groups in total. The van der Waals surface area contributed by atoms with Gasteiger partial charge in [0.2, 0.25) is 10.0 Å². The van der Waals surface area contributed by atoms with E-state index in [0.29, 0.717) is 37.6 Å². The van der Waals surface area contributed by atoms with Crippen LogP contribution in [0.2, 0.25) is 5.02 Å². The summed E-state index contributed by atoms with van der Waals surface area (Å²) in [6.45, 7) is 6.59. The predicted molar refractivity (Wildman–Crippen MR) is 192 cm³/mol. The van der Waals surface area contributed by atoms with Gasteiger partial charge in [-0.05, 0) is 105 Å². The minimum absolute atomic E-state index is 0.196. The minimum Gasteiger partial charge on any atom is -0.378 e. The van der Waals surface area contributed by atoms with E-state index in [4.69, 9.17) is 11.6 Å². The number of hydrogen-bond acceptors (Lipinski definition) is 6. The van der Waals surface area contributed by atoms with E-state index in [-0.39, 0.29) is 23.9 Å². The van der Waals surface area contributed by atoms with E-state index < -0.39 is 20.2 Å². The maximum absolute atomic E-state index is 14.3. The van der Waals surface area contributed by atoms with Gasteiger partial charge < -0.3 is 9.80 Å². The Morgan fingerprint density at radius 3 is 2.11 bits per heavy atom. The Kier molecular flexibility index (Phi) is 12.7. The van der Waals surface area contributed by atoms with E-state index in [1.165, 1.54) is 32.1 Å². The smallest absolute Gasteiger partial charge is 0.282 e. The van der Waals surface area contributed by atoms with Gasteiger partial charge in [-0.1, -0.05) is 56.7 Å². The fourth-order valence-electron chi connectivity index (χ4n) is 7.40. The molecule has 1 atom stereocenters. The van der Waals surface area contributed by atoms with Crippen molar-refractivity contribution in [2.45, 2.75) is 76.2 Å². The molecule has 0 amide bonds. The zero-order valence-corrected chi connectivity index (χ0v) is 30.9. The largest absolute Gasteiger partial charge is 0.378 e. The summed E-state index contributed by atoms with van der Waals surface area (Å²) in [5.74, 6) is 0.556. The Balaban J connectivity index is 1.37. The number of benzene rings is 2. The van der Waals surface area contributed by atoms with Crippen LogP contribution in [0.3, 0.4) is 0 Å². The molecule has 0 aromatic heterocycles. The summed E-state index contributed by atoms with van der Waals surface area (Å²) < 4.78 is 61.4. The van der Waals surface area contributed by atoms with Gasteiger partial charge >= 0.3 is 0 Å². The van der Waals surface area contributed by atoms with E-state index >= 15 is 0 Å². The Hall–Kier alpha value is -1.73. The molecule has 1 saturated heterocycles. The molecule has 0 radical (unpaired) electrons. The molecule has 0 unspecified atom stereocenters. The zero-order chi connectivity index (χ0) is 33.6. The highest BCUT2D eigenvalue weighted by Crippen LogP contribution is 2.29. The first-order chi connectivity index (χ1) is 22.4. The van der Waals surface area contributed by atoms with Gasteiger partial charge in [-0.2, -0.15) is 21.3 Å². The molecule has 2 heterocycles. The lowest BCUT2D eigenvalue weighted by molar-refractivity contribution is 0.201. The van der Waals surface area contributed by atoms with E-state index in [9.17, 15) is 16.8 Å². The Morgan fingerprint density at radius 2 is 1.43 bits per heavy atom. The van der Waals surface area contributed by atoms with Crippen LogP contribution in [0.5, 0.6) is 0 Å². The third kappa shape index (κ3) is 9.50. The number of sulfonamides is 1. The fraction of sp³-hybridized carbons (Fsp3) is 0.657. The van der Waals surface area contributed by atoms with E-state index in [2.05, 4.69) is 4.90 Å². The minimum atomic E-state index is -3.78. The first kappa shape index (κ1) is 36.5. The van der Waals surface area contributed by atoms with Gasteiger partial charge in [-0.15, -0.1) is 0 Å². The lowest BCUT2D eigenvalue weighted by Crippen LogP contribution is -2.49. The summed E-state index contributed by atoms with van der Waals surface area (Å²) in [5, 5.41) is 0.665. The third-order valence-electron chi connectivity index (χ3n) is 10.2. The normalized spacial score (nSPS) is 22.7. The van der Waals surface area contributed by atoms with Crippen molar-refractivity contribution in [1.82, 2.24) is 17.8 Å². The van der Waals surface area contributed by atoms with Crippen molar-refractivity contribution >= 4 is 37.5 Å². The van der Waals surface area contributed by atoms with Crippen LogP contribution in [0, 0.1) is 11.8 Å². The number of fused-ring (bicyclic) bond motifs is 1. The van der Waals surface area contributed by atoms with Crippen molar-refractivity contribution in [3.63, 3.8) is 0 Å². The van der Waals surface area contributed by atoms with E-state index in [1.54, 1.807) is 25.0 Å². The van der Waals surface area contributed by atoms with Crippen molar-refractivity contribution in [3.05, 3.63) is 58.6 Å². The van der Waals surface area contributed by atoms with E-state index in [1.807, 2.05) is 56.3 Å². The molecule has 3 aliphatic rings. The highest BCUT2D eigenvalue weighted by Gasteiger charge is 2.35. The highest BCUT2D eigenvalue weighted by molar-refractivity contribution is 7.89. The van der Waals surface area contributed by atoms with Crippen LogP contribution < -0.4 is 4.90 Å². The molecule has 2 aromatic rings. The van der Waals surface area contributed by atoms with E-state index in [0.717, 1.165) is 61.6 Å². The molecule has 0 spiro atoms. The summed E-state index contributed by atoms with van der Waals surface area (Å²) >= 11 is 6.22. The van der Waals surface area contributed by atoms with Gasteiger partial charge in [0.15, 0.2) is 0 Å². The SMILES string of the molecule is C[C@H]1CN(S(=O)(=O)c2ccc(N(C)C)cc2)CCCN(CCC2CCCCC2)CCCN(S(=O)(=O)N2CCc3cc(Cl)ccc3C2)C1. The Labute approximate surface area is 289 Å². The number of hydrogen-bond donors (Lipinski definition) is 0. The van der Waals surface area contributed by atoms with Gasteiger partial charge in [-0.25, -0.2) is 8.42 Å². The van der Waals surface area contributed by atoms with Crippen LogP contribution >= 0.6 is 11.6 Å². The maximum Gasteiger partial charge on any atom is 0.282 e. The van der Waals surface area contributed by atoms with Crippen LogP contribution in [-0.2, 0) is 33.2 Å². The second kappa shape index (κ2) is 16.3.